The number of benzene rings is 1. The zero-order valence-corrected chi connectivity index (χ0v) is 10.8. The Bertz CT molecular complexity index is 427. The van der Waals surface area contributed by atoms with Crippen molar-refractivity contribution < 1.29 is 4.79 Å². The smallest absolute Gasteiger partial charge is 0.254 e. The number of nitrogens with two attached hydrogens (primary N) is 1. The fourth-order valence-corrected chi connectivity index (χ4v) is 2.39. The third kappa shape index (κ3) is 2.07. The van der Waals surface area contributed by atoms with Gasteiger partial charge in [-0.05, 0) is 31.4 Å². The second kappa shape index (κ2) is 4.15. The van der Waals surface area contributed by atoms with Crippen LogP contribution in [0.5, 0.6) is 0 Å². The van der Waals surface area contributed by atoms with Crippen molar-refractivity contribution in [3.63, 3.8) is 0 Å². The predicted molar refractivity (Wildman–Crippen MR) is 69.0 cm³/mol. The summed E-state index contributed by atoms with van der Waals surface area (Å²) in [7, 11) is 0. The maximum Gasteiger partial charge on any atom is 0.254 e. The van der Waals surface area contributed by atoms with Crippen LogP contribution in [0.3, 0.4) is 0 Å². The second-order valence-electron chi connectivity index (χ2n) is 5.14. The first-order chi connectivity index (χ1) is 7.97. The standard InChI is InChI=1S/C14H20N2O/c1-4-14(15)8-16(9-14)13(17)12-10(2)6-5-7-11(12)3/h5-7H,4,8-9,15H2,1-3H3. The Balaban J connectivity index is 2.17. The van der Waals surface area contributed by atoms with Crippen LogP contribution in [0.4, 0.5) is 0 Å². The van der Waals surface area contributed by atoms with Gasteiger partial charge in [-0.1, -0.05) is 25.1 Å². The minimum atomic E-state index is -0.160. The molecule has 1 aromatic rings. The van der Waals surface area contributed by atoms with Crippen LogP contribution >= 0.6 is 0 Å². The van der Waals surface area contributed by atoms with Gasteiger partial charge in [0.15, 0.2) is 0 Å². The van der Waals surface area contributed by atoms with Crippen LogP contribution in [0.25, 0.3) is 0 Å². The zero-order chi connectivity index (χ0) is 12.6. The molecule has 0 unspecified atom stereocenters. The summed E-state index contributed by atoms with van der Waals surface area (Å²) >= 11 is 0. The van der Waals surface area contributed by atoms with Gasteiger partial charge in [0.1, 0.15) is 0 Å². The number of aryl methyl sites for hydroxylation is 2. The third-order valence-electron chi connectivity index (χ3n) is 3.70. The van der Waals surface area contributed by atoms with Crippen LogP contribution in [0.15, 0.2) is 18.2 Å². The average molecular weight is 232 g/mol. The molecule has 0 atom stereocenters. The lowest BCUT2D eigenvalue weighted by Crippen LogP contribution is -2.68. The molecule has 1 aromatic carbocycles. The minimum Gasteiger partial charge on any atom is -0.335 e. The van der Waals surface area contributed by atoms with Crippen molar-refractivity contribution in [1.82, 2.24) is 4.90 Å². The summed E-state index contributed by atoms with van der Waals surface area (Å²) in [6, 6.07) is 5.95. The van der Waals surface area contributed by atoms with E-state index in [-0.39, 0.29) is 11.4 Å². The van der Waals surface area contributed by atoms with Crippen LogP contribution in [0.2, 0.25) is 0 Å². The lowest BCUT2D eigenvalue weighted by Gasteiger charge is -2.47. The van der Waals surface area contributed by atoms with Gasteiger partial charge in [-0.3, -0.25) is 4.79 Å². The fourth-order valence-electron chi connectivity index (χ4n) is 2.39. The van der Waals surface area contributed by atoms with Crippen molar-refractivity contribution in [2.45, 2.75) is 32.7 Å². The number of hydrogen-bond donors (Lipinski definition) is 1. The largest absolute Gasteiger partial charge is 0.335 e. The zero-order valence-electron chi connectivity index (χ0n) is 10.8. The van der Waals surface area contributed by atoms with E-state index in [4.69, 9.17) is 5.73 Å². The highest BCUT2D eigenvalue weighted by atomic mass is 16.2. The number of rotatable bonds is 2. The first-order valence-corrected chi connectivity index (χ1v) is 6.11. The Labute approximate surface area is 103 Å². The van der Waals surface area contributed by atoms with E-state index in [0.29, 0.717) is 13.1 Å². The van der Waals surface area contributed by atoms with Gasteiger partial charge in [-0.2, -0.15) is 0 Å². The highest BCUT2D eigenvalue weighted by Crippen LogP contribution is 2.25. The first kappa shape index (κ1) is 12.1. The Morgan fingerprint density at radius 2 is 1.88 bits per heavy atom. The first-order valence-electron chi connectivity index (χ1n) is 6.11. The Hall–Kier alpha value is -1.35. The molecule has 1 saturated heterocycles. The molecule has 3 heteroatoms. The summed E-state index contributed by atoms with van der Waals surface area (Å²) in [4.78, 5) is 14.2. The Kier molecular flexibility index (Phi) is 2.96. The van der Waals surface area contributed by atoms with E-state index in [9.17, 15) is 4.79 Å². The van der Waals surface area contributed by atoms with Crippen molar-refractivity contribution in [3.05, 3.63) is 34.9 Å². The molecular formula is C14H20N2O. The molecule has 0 aromatic heterocycles. The summed E-state index contributed by atoms with van der Waals surface area (Å²) in [5.74, 6) is 0.120. The molecule has 0 saturated carbocycles. The van der Waals surface area contributed by atoms with Crippen molar-refractivity contribution >= 4 is 5.91 Å². The summed E-state index contributed by atoms with van der Waals surface area (Å²) < 4.78 is 0. The summed E-state index contributed by atoms with van der Waals surface area (Å²) in [5, 5.41) is 0. The fraction of sp³-hybridized carbons (Fsp3) is 0.500. The van der Waals surface area contributed by atoms with Crippen molar-refractivity contribution in [1.29, 1.82) is 0 Å². The van der Waals surface area contributed by atoms with Crippen LogP contribution in [0.1, 0.15) is 34.8 Å². The molecule has 1 fully saturated rings. The molecule has 0 bridgehead atoms. The number of nitrogens with zero attached hydrogens (tertiary/aromatic N) is 1. The van der Waals surface area contributed by atoms with Gasteiger partial charge < -0.3 is 10.6 Å². The van der Waals surface area contributed by atoms with Gasteiger partial charge in [0.2, 0.25) is 0 Å². The van der Waals surface area contributed by atoms with E-state index < -0.39 is 0 Å². The highest BCUT2D eigenvalue weighted by molar-refractivity contribution is 5.97. The van der Waals surface area contributed by atoms with E-state index in [0.717, 1.165) is 23.1 Å². The number of hydrogen-bond acceptors (Lipinski definition) is 2. The maximum absolute atomic E-state index is 12.3. The van der Waals surface area contributed by atoms with Crippen molar-refractivity contribution in [2.24, 2.45) is 5.73 Å². The summed E-state index contributed by atoms with van der Waals surface area (Å²) in [5.41, 5.74) is 8.85. The molecule has 0 aliphatic carbocycles. The van der Waals surface area contributed by atoms with Crippen LogP contribution in [-0.4, -0.2) is 29.4 Å². The van der Waals surface area contributed by atoms with Crippen LogP contribution in [-0.2, 0) is 0 Å². The van der Waals surface area contributed by atoms with E-state index in [2.05, 4.69) is 6.92 Å². The lowest BCUT2D eigenvalue weighted by molar-refractivity contribution is 0.0400. The monoisotopic (exact) mass is 232 g/mol. The number of carbonyl (C=O) groups excluding carboxylic acids is 1. The molecular weight excluding hydrogens is 212 g/mol. The second-order valence-corrected chi connectivity index (χ2v) is 5.14. The number of amides is 1. The van der Waals surface area contributed by atoms with E-state index in [1.165, 1.54) is 0 Å². The molecule has 1 heterocycles. The molecule has 1 amide bonds. The topological polar surface area (TPSA) is 46.3 Å². The average Bonchev–Trinajstić information content (AvgIpc) is 2.24. The van der Waals surface area contributed by atoms with Gasteiger partial charge >= 0.3 is 0 Å². The SMILES string of the molecule is CCC1(N)CN(C(=O)c2c(C)cccc2C)C1. The normalized spacial score (nSPS) is 17.8. The molecule has 1 aliphatic rings. The van der Waals surface area contributed by atoms with Gasteiger partial charge in [-0.25, -0.2) is 0 Å². The van der Waals surface area contributed by atoms with Crippen molar-refractivity contribution in [3.8, 4) is 0 Å². The lowest BCUT2D eigenvalue weighted by atomic mass is 9.87. The van der Waals surface area contributed by atoms with Crippen LogP contribution in [0, 0.1) is 13.8 Å². The maximum atomic E-state index is 12.3. The quantitative estimate of drug-likeness (QED) is 0.846. The van der Waals surface area contributed by atoms with Gasteiger partial charge in [-0.15, -0.1) is 0 Å². The molecule has 0 radical (unpaired) electrons. The van der Waals surface area contributed by atoms with E-state index in [1.54, 1.807) is 0 Å². The van der Waals surface area contributed by atoms with E-state index in [1.807, 2.05) is 36.9 Å². The molecule has 1 aliphatic heterocycles. The predicted octanol–water partition coefficient (Wildman–Crippen LogP) is 1.87. The minimum absolute atomic E-state index is 0.120. The van der Waals surface area contributed by atoms with E-state index >= 15 is 0 Å². The number of likely N-dealkylation sites (tertiary alicyclic amines) is 1. The molecule has 3 nitrogen and oxygen atoms in total. The molecule has 92 valence electrons. The Morgan fingerprint density at radius 3 is 2.35 bits per heavy atom. The molecule has 2 rings (SSSR count). The highest BCUT2D eigenvalue weighted by Gasteiger charge is 2.41. The van der Waals surface area contributed by atoms with Gasteiger partial charge in [0.25, 0.3) is 5.91 Å². The molecule has 2 N–H and O–H groups in total. The Morgan fingerprint density at radius 1 is 1.35 bits per heavy atom. The summed E-state index contributed by atoms with van der Waals surface area (Å²) in [6.45, 7) is 7.39. The van der Waals surface area contributed by atoms with Gasteiger partial charge in [0.05, 0.1) is 5.54 Å². The summed E-state index contributed by atoms with van der Waals surface area (Å²) in [6.07, 6.45) is 0.920. The third-order valence-corrected chi connectivity index (χ3v) is 3.70. The van der Waals surface area contributed by atoms with Crippen molar-refractivity contribution in [2.75, 3.05) is 13.1 Å². The van der Waals surface area contributed by atoms with Crippen LogP contribution < -0.4 is 5.73 Å². The molecule has 17 heavy (non-hydrogen) atoms. The molecule has 0 spiro atoms. The van der Waals surface area contributed by atoms with Gasteiger partial charge in [0, 0.05) is 18.7 Å². The number of carbonyl (C=O) groups is 1.